The van der Waals surface area contributed by atoms with Gasteiger partial charge in [-0.1, -0.05) is 158 Å². The van der Waals surface area contributed by atoms with Gasteiger partial charge < -0.3 is 4.57 Å². The summed E-state index contributed by atoms with van der Waals surface area (Å²) < 4.78 is 4.70. The molecule has 0 unspecified atom stereocenters. The molecule has 10 aromatic carbocycles. The van der Waals surface area contributed by atoms with E-state index in [4.69, 9.17) is 15.0 Å². The van der Waals surface area contributed by atoms with Crippen LogP contribution in [-0.4, -0.2) is 24.1 Å². The Kier molecular flexibility index (Phi) is 7.54. The van der Waals surface area contributed by atoms with Gasteiger partial charge in [-0.15, -0.1) is 0 Å². The molecule has 0 radical (unpaired) electrons. The van der Waals surface area contributed by atoms with Gasteiger partial charge in [-0.3, -0.25) is 4.57 Å². The molecule has 0 amide bonds. The standard InChI is InChI=1S/C57H35N5/c1-2-14-36(15-3-1)39-22-12-23-44(30-39)55-58-56(45-29-28-37-16-4-5-17-38(37)31-45)60-57(59-55)62-51-27-13-26-50(54(51)48-33-41-19-7-9-21-43(41)35-53(48)62)61-49-25-11-10-24-46(49)47-32-40-18-6-8-20-42(40)34-52(47)61/h1-35H. The minimum Gasteiger partial charge on any atom is -0.309 e. The molecule has 5 heteroatoms. The Labute approximate surface area is 356 Å². The van der Waals surface area contributed by atoms with Crippen LogP contribution in [0.25, 0.3) is 121 Å². The molecule has 13 aromatic rings. The molecule has 0 saturated carbocycles. The topological polar surface area (TPSA) is 48.5 Å². The van der Waals surface area contributed by atoms with Gasteiger partial charge in [0.25, 0.3) is 0 Å². The van der Waals surface area contributed by atoms with Crippen LogP contribution in [0.2, 0.25) is 0 Å². The molecular weight excluding hydrogens is 755 g/mol. The highest BCUT2D eigenvalue weighted by molar-refractivity contribution is 6.19. The largest absolute Gasteiger partial charge is 0.309 e. The van der Waals surface area contributed by atoms with Crippen LogP contribution < -0.4 is 0 Å². The maximum Gasteiger partial charge on any atom is 0.238 e. The zero-order valence-corrected chi connectivity index (χ0v) is 33.4. The molecule has 5 nitrogen and oxygen atoms in total. The summed E-state index contributed by atoms with van der Waals surface area (Å²) in [6, 6.07) is 75.8. The average molecular weight is 790 g/mol. The number of aromatic nitrogens is 5. The molecule has 0 aliphatic rings. The van der Waals surface area contributed by atoms with Crippen molar-refractivity contribution in [1.29, 1.82) is 0 Å². The van der Waals surface area contributed by atoms with Gasteiger partial charge in [-0.05, 0) is 98.0 Å². The summed E-state index contributed by atoms with van der Waals surface area (Å²) in [4.78, 5) is 16.1. The fraction of sp³-hybridized carbons (Fsp3) is 0. The van der Waals surface area contributed by atoms with Gasteiger partial charge in [0.05, 0.1) is 27.8 Å². The molecule has 288 valence electrons. The maximum absolute atomic E-state index is 5.41. The molecule has 0 atom stereocenters. The number of hydrogen-bond acceptors (Lipinski definition) is 3. The minimum atomic E-state index is 0.559. The first-order chi connectivity index (χ1) is 30.7. The molecule has 0 fully saturated rings. The van der Waals surface area contributed by atoms with Crippen LogP contribution in [0, 0.1) is 0 Å². The minimum absolute atomic E-state index is 0.559. The third-order valence-corrected chi connectivity index (χ3v) is 12.5. The number of hydrogen-bond donors (Lipinski definition) is 0. The second kappa shape index (κ2) is 13.6. The Morgan fingerprint density at radius 1 is 0.274 bits per heavy atom. The number of benzene rings is 10. The predicted molar refractivity (Wildman–Crippen MR) is 257 cm³/mol. The molecular formula is C57H35N5. The number of rotatable bonds is 5. The van der Waals surface area contributed by atoms with E-state index in [1.165, 1.54) is 37.8 Å². The lowest BCUT2D eigenvalue weighted by Gasteiger charge is -2.13. The Balaban J connectivity index is 1.13. The fourth-order valence-corrected chi connectivity index (χ4v) is 9.57. The molecule has 0 aliphatic carbocycles. The van der Waals surface area contributed by atoms with Gasteiger partial charge in [-0.25, -0.2) is 4.98 Å². The fourth-order valence-electron chi connectivity index (χ4n) is 9.57. The first-order valence-corrected chi connectivity index (χ1v) is 21.0. The third kappa shape index (κ3) is 5.38. The van der Waals surface area contributed by atoms with Crippen molar-refractivity contribution in [3.63, 3.8) is 0 Å². The van der Waals surface area contributed by atoms with Gasteiger partial charge in [0.1, 0.15) is 0 Å². The smallest absolute Gasteiger partial charge is 0.238 e. The van der Waals surface area contributed by atoms with Gasteiger partial charge in [0, 0.05) is 32.7 Å². The van der Waals surface area contributed by atoms with Crippen LogP contribution in [0.5, 0.6) is 0 Å². The van der Waals surface area contributed by atoms with E-state index in [1.54, 1.807) is 0 Å². The van der Waals surface area contributed by atoms with Crippen LogP contribution in [0.3, 0.4) is 0 Å². The zero-order valence-electron chi connectivity index (χ0n) is 33.4. The van der Waals surface area contributed by atoms with Crippen molar-refractivity contribution < 1.29 is 0 Å². The van der Waals surface area contributed by atoms with Crippen molar-refractivity contribution in [2.24, 2.45) is 0 Å². The SMILES string of the molecule is c1ccc(-c2cccc(-c3nc(-c4ccc5ccccc5c4)nc(-n4c5cc6ccccc6cc5c5c(-n6c7ccccc7c7cc8ccccc8cc76)cccc54)n3)c2)cc1. The monoisotopic (exact) mass is 789 g/mol. The van der Waals surface area contributed by atoms with Crippen molar-refractivity contribution in [1.82, 2.24) is 24.1 Å². The van der Waals surface area contributed by atoms with E-state index in [0.29, 0.717) is 17.6 Å². The summed E-state index contributed by atoms with van der Waals surface area (Å²) in [6.07, 6.45) is 0. The van der Waals surface area contributed by atoms with Crippen LogP contribution in [0.1, 0.15) is 0 Å². The second-order valence-electron chi connectivity index (χ2n) is 16.1. The van der Waals surface area contributed by atoms with Crippen molar-refractivity contribution in [2.75, 3.05) is 0 Å². The van der Waals surface area contributed by atoms with E-state index in [2.05, 4.69) is 215 Å². The lowest BCUT2D eigenvalue weighted by Crippen LogP contribution is -2.06. The third-order valence-electron chi connectivity index (χ3n) is 12.5. The summed E-state index contributed by atoms with van der Waals surface area (Å²) in [5.41, 5.74) is 9.55. The molecule has 0 aliphatic heterocycles. The maximum atomic E-state index is 5.41. The van der Waals surface area contributed by atoms with Crippen LogP contribution in [0.15, 0.2) is 212 Å². The summed E-state index contributed by atoms with van der Waals surface area (Å²) in [5, 5.41) is 11.8. The number of para-hydroxylation sites is 1. The molecule has 0 N–H and O–H groups in total. The predicted octanol–water partition coefficient (Wildman–Crippen LogP) is 14.5. The molecule has 0 saturated heterocycles. The summed E-state index contributed by atoms with van der Waals surface area (Å²) >= 11 is 0. The van der Waals surface area contributed by atoms with Gasteiger partial charge in [-0.2, -0.15) is 9.97 Å². The highest BCUT2D eigenvalue weighted by atomic mass is 15.2. The average Bonchev–Trinajstić information content (AvgIpc) is 3.84. The van der Waals surface area contributed by atoms with Crippen molar-refractivity contribution in [2.45, 2.75) is 0 Å². The quantitative estimate of drug-likeness (QED) is 0.174. The summed E-state index contributed by atoms with van der Waals surface area (Å²) in [7, 11) is 0. The van der Waals surface area contributed by atoms with Crippen LogP contribution in [-0.2, 0) is 0 Å². The van der Waals surface area contributed by atoms with E-state index in [1.807, 2.05) is 6.07 Å². The molecule has 3 aromatic heterocycles. The normalized spacial score (nSPS) is 11.9. The second-order valence-corrected chi connectivity index (χ2v) is 16.1. The van der Waals surface area contributed by atoms with Gasteiger partial charge >= 0.3 is 0 Å². The Hall–Kier alpha value is -8.41. The van der Waals surface area contributed by atoms with E-state index in [0.717, 1.165) is 66.0 Å². The number of fused-ring (bicyclic) bond motifs is 9. The van der Waals surface area contributed by atoms with E-state index in [-0.39, 0.29) is 0 Å². The lowest BCUT2D eigenvalue weighted by atomic mass is 10.0. The Morgan fingerprint density at radius 2 is 0.806 bits per heavy atom. The van der Waals surface area contributed by atoms with E-state index < -0.39 is 0 Å². The van der Waals surface area contributed by atoms with Gasteiger partial charge in [0.2, 0.25) is 5.95 Å². The lowest BCUT2D eigenvalue weighted by molar-refractivity contribution is 0.954. The Morgan fingerprint density at radius 3 is 1.55 bits per heavy atom. The zero-order chi connectivity index (χ0) is 40.7. The summed E-state index contributed by atoms with van der Waals surface area (Å²) in [6.45, 7) is 0. The van der Waals surface area contributed by atoms with Crippen molar-refractivity contribution in [3.05, 3.63) is 212 Å². The molecule has 62 heavy (non-hydrogen) atoms. The van der Waals surface area contributed by atoms with Crippen molar-refractivity contribution in [3.8, 4) is 45.5 Å². The first-order valence-electron chi connectivity index (χ1n) is 21.0. The van der Waals surface area contributed by atoms with Crippen LogP contribution in [0.4, 0.5) is 0 Å². The summed E-state index contributed by atoms with van der Waals surface area (Å²) in [5.74, 6) is 1.78. The van der Waals surface area contributed by atoms with E-state index >= 15 is 0 Å². The van der Waals surface area contributed by atoms with E-state index in [9.17, 15) is 0 Å². The first kappa shape index (κ1) is 34.5. The Bertz CT molecular complexity index is 3930. The van der Waals surface area contributed by atoms with Gasteiger partial charge in [0.15, 0.2) is 11.6 Å². The molecule has 13 rings (SSSR count). The molecule has 3 heterocycles. The molecule has 0 spiro atoms. The molecule has 0 bridgehead atoms. The highest BCUT2D eigenvalue weighted by Gasteiger charge is 2.23. The number of nitrogens with zero attached hydrogens (tertiary/aromatic N) is 5. The highest BCUT2D eigenvalue weighted by Crippen LogP contribution is 2.42. The van der Waals surface area contributed by atoms with Crippen molar-refractivity contribution >= 4 is 75.9 Å². The van der Waals surface area contributed by atoms with Crippen LogP contribution >= 0.6 is 0 Å².